The second-order valence-electron chi connectivity index (χ2n) is 4.99. The highest BCUT2D eigenvalue weighted by Gasteiger charge is 2.47. The largest absolute Gasteiger partial charge is 0.392 e. The first-order valence-corrected chi connectivity index (χ1v) is 8.12. The van der Waals surface area contributed by atoms with Crippen molar-refractivity contribution in [3.8, 4) is 0 Å². The van der Waals surface area contributed by atoms with Gasteiger partial charge in [-0.05, 0) is 34.8 Å². The Kier molecular flexibility index (Phi) is 5.12. The third-order valence-electron chi connectivity index (χ3n) is 3.58. The van der Waals surface area contributed by atoms with Crippen LogP contribution in [0.1, 0.15) is 30.6 Å². The molecular weight excluding hydrogens is 355 g/mol. The number of rotatable bonds is 3. The van der Waals surface area contributed by atoms with Crippen LogP contribution in [0.15, 0.2) is 15.9 Å². The number of alkyl halides is 3. The van der Waals surface area contributed by atoms with Crippen molar-refractivity contribution in [1.82, 2.24) is 5.32 Å². The van der Waals surface area contributed by atoms with Gasteiger partial charge in [-0.15, -0.1) is 11.3 Å². The van der Waals surface area contributed by atoms with Gasteiger partial charge < -0.3 is 5.32 Å². The minimum absolute atomic E-state index is 0.0616. The summed E-state index contributed by atoms with van der Waals surface area (Å²) in [6.07, 6.45) is -2.66. The second kappa shape index (κ2) is 6.47. The summed E-state index contributed by atoms with van der Waals surface area (Å²) in [6, 6.07) is 1.85. The van der Waals surface area contributed by atoms with Crippen LogP contribution in [-0.2, 0) is 11.3 Å². The number of thiophene rings is 1. The van der Waals surface area contributed by atoms with Gasteiger partial charge in [-0.3, -0.25) is 4.79 Å². The molecule has 1 fully saturated rings. The van der Waals surface area contributed by atoms with Gasteiger partial charge in [0.05, 0.1) is 12.5 Å². The van der Waals surface area contributed by atoms with E-state index in [4.69, 9.17) is 0 Å². The summed E-state index contributed by atoms with van der Waals surface area (Å²) in [5.74, 6) is -2.91. The molecule has 1 aliphatic carbocycles. The number of carbonyl (C=O) groups is 1. The van der Waals surface area contributed by atoms with E-state index in [1.165, 1.54) is 11.3 Å². The van der Waals surface area contributed by atoms with Crippen molar-refractivity contribution >= 4 is 33.2 Å². The average Bonchev–Trinajstić information content (AvgIpc) is 2.81. The van der Waals surface area contributed by atoms with Gasteiger partial charge in [-0.25, -0.2) is 0 Å². The second-order valence-corrected chi connectivity index (χ2v) is 6.90. The van der Waals surface area contributed by atoms with Crippen LogP contribution in [0.4, 0.5) is 13.2 Å². The van der Waals surface area contributed by atoms with Crippen LogP contribution in [0.5, 0.6) is 0 Å². The van der Waals surface area contributed by atoms with Crippen molar-refractivity contribution in [2.45, 2.75) is 38.4 Å². The number of nitrogens with one attached hydrogen (secondary N) is 1. The van der Waals surface area contributed by atoms with Crippen molar-refractivity contribution < 1.29 is 18.0 Å². The maximum Gasteiger partial charge on any atom is 0.392 e. The predicted octanol–water partition coefficient (Wildman–Crippen LogP) is 4.50. The summed E-state index contributed by atoms with van der Waals surface area (Å²) in [5.41, 5.74) is 0. The maximum atomic E-state index is 12.9. The van der Waals surface area contributed by atoms with Crippen molar-refractivity contribution in [3.63, 3.8) is 0 Å². The number of hydrogen-bond donors (Lipinski definition) is 1. The SMILES string of the molecule is O=C(NCc1cc(Br)cs1)C1CCCCC1C(F)(F)F. The first-order chi connectivity index (χ1) is 9.38. The van der Waals surface area contributed by atoms with Gasteiger partial charge in [-0.1, -0.05) is 12.8 Å². The molecule has 112 valence electrons. The molecule has 0 bridgehead atoms. The lowest BCUT2D eigenvalue weighted by molar-refractivity contribution is -0.198. The molecule has 1 saturated carbocycles. The molecule has 1 aromatic rings. The highest BCUT2D eigenvalue weighted by Crippen LogP contribution is 2.41. The summed E-state index contributed by atoms with van der Waals surface area (Å²) in [4.78, 5) is 12.9. The zero-order valence-corrected chi connectivity index (χ0v) is 13.1. The van der Waals surface area contributed by atoms with E-state index in [1.54, 1.807) is 0 Å². The van der Waals surface area contributed by atoms with Gasteiger partial charge in [0.2, 0.25) is 5.91 Å². The molecule has 0 aliphatic heterocycles. The Balaban J connectivity index is 1.96. The first kappa shape index (κ1) is 15.8. The fourth-order valence-corrected chi connectivity index (χ4v) is 3.98. The van der Waals surface area contributed by atoms with E-state index in [9.17, 15) is 18.0 Å². The van der Waals surface area contributed by atoms with Crippen molar-refractivity contribution in [1.29, 1.82) is 0 Å². The Morgan fingerprint density at radius 1 is 1.40 bits per heavy atom. The molecule has 0 aromatic carbocycles. The van der Waals surface area contributed by atoms with Crippen molar-refractivity contribution in [3.05, 3.63) is 20.8 Å². The molecule has 1 N–H and O–H groups in total. The summed E-state index contributed by atoms with van der Waals surface area (Å²) in [5, 5.41) is 4.51. The molecule has 2 unspecified atom stereocenters. The molecule has 7 heteroatoms. The monoisotopic (exact) mass is 369 g/mol. The molecule has 0 radical (unpaired) electrons. The Bertz CT molecular complexity index is 474. The van der Waals surface area contributed by atoms with Gasteiger partial charge in [0.15, 0.2) is 0 Å². The molecule has 0 saturated heterocycles. The van der Waals surface area contributed by atoms with Crippen LogP contribution in [0.2, 0.25) is 0 Å². The highest BCUT2D eigenvalue weighted by atomic mass is 79.9. The summed E-state index contributed by atoms with van der Waals surface area (Å²) < 4.78 is 39.7. The van der Waals surface area contributed by atoms with Crippen molar-refractivity contribution in [2.24, 2.45) is 11.8 Å². The van der Waals surface area contributed by atoms with Crippen LogP contribution in [0.25, 0.3) is 0 Å². The molecule has 2 rings (SSSR count). The lowest BCUT2D eigenvalue weighted by atomic mass is 9.78. The molecule has 2 nitrogen and oxygen atoms in total. The Hall–Kier alpha value is -0.560. The standard InChI is InChI=1S/C13H15BrF3NOS/c14-8-5-9(20-7-8)6-18-12(19)10-3-1-2-4-11(10)13(15,16)17/h5,7,10-11H,1-4,6H2,(H,18,19). The smallest absolute Gasteiger partial charge is 0.351 e. The fraction of sp³-hybridized carbons (Fsp3) is 0.615. The van der Waals surface area contributed by atoms with Gasteiger partial charge >= 0.3 is 6.18 Å². The summed E-state index contributed by atoms with van der Waals surface area (Å²) in [6.45, 7) is 0.288. The number of hydrogen-bond acceptors (Lipinski definition) is 2. The average molecular weight is 370 g/mol. The van der Waals surface area contributed by atoms with Gasteiger partial charge in [0, 0.05) is 20.6 Å². The predicted molar refractivity (Wildman–Crippen MR) is 75.4 cm³/mol. The van der Waals surface area contributed by atoms with Gasteiger partial charge in [0.25, 0.3) is 0 Å². The third kappa shape index (κ3) is 3.97. The molecule has 1 aromatic heterocycles. The molecular formula is C13H15BrF3NOS. The number of carbonyl (C=O) groups excluding carboxylic acids is 1. The molecule has 1 aliphatic rings. The minimum atomic E-state index is -4.28. The van der Waals surface area contributed by atoms with Crippen LogP contribution in [0, 0.1) is 11.8 Å². The maximum absolute atomic E-state index is 12.9. The van der Waals surface area contributed by atoms with Crippen LogP contribution in [0.3, 0.4) is 0 Å². The van der Waals surface area contributed by atoms with E-state index >= 15 is 0 Å². The molecule has 2 atom stereocenters. The normalized spacial score (nSPS) is 23.6. The first-order valence-electron chi connectivity index (χ1n) is 6.45. The lowest BCUT2D eigenvalue weighted by Crippen LogP contribution is -2.42. The van der Waals surface area contributed by atoms with Crippen LogP contribution in [-0.4, -0.2) is 12.1 Å². The minimum Gasteiger partial charge on any atom is -0.351 e. The third-order valence-corrected chi connectivity index (χ3v) is 5.28. The molecule has 1 heterocycles. The quantitative estimate of drug-likeness (QED) is 0.834. The van der Waals surface area contributed by atoms with E-state index in [-0.39, 0.29) is 13.0 Å². The van der Waals surface area contributed by atoms with E-state index in [2.05, 4.69) is 21.2 Å². The number of halogens is 4. The van der Waals surface area contributed by atoms with Crippen LogP contribution < -0.4 is 5.32 Å². The van der Waals surface area contributed by atoms with Crippen molar-refractivity contribution in [2.75, 3.05) is 0 Å². The van der Waals surface area contributed by atoms with E-state index in [0.717, 1.165) is 9.35 Å². The molecule has 20 heavy (non-hydrogen) atoms. The fourth-order valence-electron chi connectivity index (χ4n) is 2.59. The van der Waals surface area contributed by atoms with E-state index in [0.29, 0.717) is 19.3 Å². The zero-order valence-electron chi connectivity index (χ0n) is 10.7. The zero-order chi connectivity index (χ0) is 14.8. The lowest BCUT2D eigenvalue weighted by Gasteiger charge is -2.31. The van der Waals surface area contributed by atoms with Gasteiger partial charge in [-0.2, -0.15) is 13.2 Å². The summed E-state index contributed by atoms with van der Waals surface area (Å²) >= 11 is 4.76. The Morgan fingerprint density at radius 2 is 2.10 bits per heavy atom. The Labute approximate surface area is 127 Å². The highest BCUT2D eigenvalue weighted by molar-refractivity contribution is 9.10. The molecule has 0 spiro atoms. The van der Waals surface area contributed by atoms with Gasteiger partial charge in [0.1, 0.15) is 0 Å². The topological polar surface area (TPSA) is 29.1 Å². The Morgan fingerprint density at radius 3 is 2.70 bits per heavy atom. The van der Waals surface area contributed by atoms with E-state index < -0.39 is 23.9 Å². The molecule has 1 amide bonds. The van der Waals surface area contributed by atoms with E-state index in [1.807, 2.05) is 11.4 Å². The van der Waals surface area contributed by atoms with Crippen LogP contribution >= 0.6 is 27.3 Å². The summed E-state index contributed by atoms with van der Waals surface area (Å²) in [7, 11) is 0. The number of amides is 1.